The molecule has 1 heterocycles. The Kier molecular flexibility index (Phi) is 5.55. The average molecular weight is 278 g/mol. The highest BCUT2D eigenvalue weighted by Gasteiger charge is 2.31. The zero-order valence-electron chi connectivity index (χ0n) is 12.9. The molecule has 1 fully saturated rings. The second-order valence-electron chi connectivity index (χ2n) is 5.93. The number of likely N-dealkylation sites (tertiary alicyclic amines) is 1. The topological polar surface area (TPSA) is 15.3 Å². The van der Waals surface area contributed by atoms with Crippen LogP contribution >= 0.6 is 0 Å². The zero-order chi connectivity index (χ0) is 14.5. The van der Waals surface area contributed by atoms with Crippen LogP contribution in [-0.2, 0) is 6.42 Å². The van der Waals surface area contributed by atoms with Crippen LogP contribution in [0.1, 0.15) is 32.8 Å². The Morgan fingerprint density at radius 2 is 2.05 bits per heavy atom. The molecular weight excluding hydrogens is 251 g/mol. The molecule has 0 bridgehead atoms. The lowest BCUT2D eigenvalue weighted by Gasteiger charge is -2.43. The number of piperidine rings is 1. The summed E-state index contributed by atoms with van der Waals surface area (Å²) in [5.74, 6) is 0.569. The van der Waals surface area contributed by atoms with Crippen molar-refractivity contribution >= 4 is 0 Å². The van der Waals surface area contributed by atoms with Crippen molar-refractivity contribution in [2.45, 2.75) is 45.7 Å². The molecule has 2 nitrogen and oxygen atoms in total. The predicted octanol–water partition coefficient (Wildman–Crippen LogP) is 3.08. The fourth-order valence-electron chi connectivity index (χ4n) is 3.27. The van der Waals surface area contributed by atoms with Crippen LogP contribution in [0.3, 0.4) is 0 Å². The maximum Gasteiger partial charge on any atom is 0.126 e. The second-order valence-corrected chi connectivity index (χ2v) is 5.93. The van der Waals surface area contributed by atoms with Crippen LogP contribution < -0.4 is 5.32 Å². The summed E-state index contributed by atoms with van der Waals surface area (Å²) in [6.45, 7) is 9.89. The minimum Gasteiger partial charge on any atom is -0.314 e. The number of nitrogens with zero attached hydrogens (tertiary/aromatic N) is 1. The van der Waals surface area contributed by atoms with E-state index in [0.29, 0.717) is 18.0 Å². The molecule has 0 saturated carbocycles. The summed E-state index contributed by atoms with van der Waals surface area (Å²) in [4.78, 5) is 2.50. The first-order valence-corrected chi connectivity index (χ1v) is 7.84. The Labute approximate surface area is 122 Å². The molecule has 20 heavy (non-hydrogen) atoms. The van der Waals surface area contributed by atoms with Crippen molar-refractivity contribution in [1.82, 2.24) is 10.2 Å². The standard InChI is InChI=1S/C17H27FN2/c1-4-19-17-10-12-20(14(3)13(17)2)11-9-15-7-5-6-8-16(15)18/h5-8,13-14,17,19H,4,9-12H2,1-3H3. The Morgan fingerprint density at radius 1 is 1.30 bits per heavy atom. The second kappa shape index (κ2) is 7.19. The summed E-state index contributed by atoms with van der Waals surface area (Å²) in [7, 11) is 0. The van der Waals surface area contributed by atoms with Crippen LogP contribution in [0, 0.1) is 11.7 Å². The molecule has 112 valence electrons. The number of rotatable bonds is 5. The molecule has 1 aromatic carbocycles. The molecule has 3 unspecified atom stereocenters. The number of hydrogen-bond acceptors (Lipinski definition) is 2. The van der Waals surface area contributed by atoms with Gasteiger partial charge in [-0.3, -0.25) is 4.90 Å². The first kappa shape index (κ1) is 15.5. The Balaban J connectivity index is 1.90. The van der Waals surface area contributed by atoms with E-state index in [4.69, 9.17) is 0 Å². The molecule has 1 aromatic rings. The van der Waals surface area contributed by atoms with E-state index in [1.807, 2.05) is 12.1 Å². The van der Waals surface area contributed by atoms with Gasteiger partial charge in [0.1, 0.15) is 5.82 Å². The van der Waals surface area contributed by atoms with Gasteiger partial charge in [-0.05, 0) is 50.4 Å². The van der Waals surface area contributed by atoms with Gasteiger partial charge < -0.3 is 5.32 Å². The van der Waals surface area contributed by atoms with Gasteiger partial charge in [-0.1, -0.05) is 32.0 Å². The van der Waals surface area contributed by atoms with Gasteiger partial charge in [0.05, 0.1) is 0 Å². The van der Waals surface area contributed by atoms with Crippen molar-refractivity contribution in [2.75, 3.05) is 19.6 Å². The van der Waals surface area contributed by atoms with Crippen LogP contribution in [-0.4, -0.2) is 36.6 Å². The molecule has 0 spiro atoms. The molecular formula is C17H27FN2. The molecule has 1 aliphatic heterocycles. The number of halogens is 1. The zero-order valence-corrected chi connectivity index (χ0v) is 12.9. The smallest absolute Gasteiger partial charge is 0.126 e. The summed E-state index contributed by atoms with van der Waals surface area (Å²) < 4.78 is 13.7. The Morgan fingerprint density at radius 3 is 2.75 bits per heavy atom. The van der Waals surface area contributed by atoms with E-state index >= 15 is 0 Å². The molecule has 3 atom stereocenters. The minimum atomic E-state index is -0.0734. The SMILES string of the molecule is CCNC1CCN(CCc2ccccc2F)C(C)C1C. The van der Waals surface area contributed by atoms with Gasteiger partial charge in [-0.15, -0.1) is 0 Å². The molecule has 1 N–H and O–H groups in total. The fraction of sp³-hybridized carbons (Fsp3) is 0.647. The number of nitrogens with one attached hydrogen (secondary N) is 1. The molecule has 0 amide bonds. The van der Waals surface area contributed by atoms with Gasteiger partial charge >= 0.3 is 0 Å². The van der Waals surface area contributed by atoms with E-state index in [0.717, 1.165) is 31.6 Å². The summed E-state index contributed by atoms with van der Waals surface area (Å²) in [5, 5.41) is 3.58. The van der Waals surface area contributed by atoms with E-state index in [2.05, 4.69) is 31.0 Å². The normalized spacial score (nSPS) is 27.7. The predicted molar refractivity (Wildman–Crippen MR) is 82.4 cm³/mol. The molecule has 3 heteroatoms. The lowest BCUT2D eigenvalue weighted by Crippen LogP contribution is -2.53. The Bertz CT molecular complexity index is 421. The van der Waals surface area contributed by atoms with Crippen molar-refractivity contribution in [3.63, 3.8) is 0 Å². The van der Waals surface area contributed by atoms with Crippen LogP contribution in [0.5, 0.6) is 0 Å². The fourth-order valence-corrected chi connectivity index (χ4v) is 3.27. The van der Waals surface area contributed by atoms with Gasteiger partial charge in [0.15, 0.2) is 0 Å². The molecule has 2 rings (SSSR count). The van der Waals surface area contributed by atoms with Crippen molar-refractivity contribution in [2.24, 2.45) is 5.92 Å². The first-order chi connectivity index (χ1) is 9.63. The third-order valence-electron chi connectivity index (χ3n) is 4.79. The quantitative estimate of drug-likeness (QED) is 0.890. The monoisotopic (exact) mass is 278 g/mol. The van der Waals surface area contributed by atoms with Crippen LogP contribution in [0.4, 0.5) is 4.39 Å². The lowest BCUT2D eigenvalue weighted by atomic mass is 9.86. The molecule has 0 radical (unpaired) electrons. The van der Waals surface area contributed by atoms with Crippen molar-refractivity contribution in [3.8, 4) is 0 Å². The third kappa shape index (κ3) is 3.58. The van der Waals surface area contributed by atoms with E-state index in [1.165, 1.54) is 6.42 Å². The van der Waals surface area contributed by atoms with E-state index in [9.17, 15) is 4.39 Å². The number of hydrogen-bond donors (Lipinski definition) is 1. The summed E-state index contributed by atoms with van der Waals surface area (Å²) >= 11 is 0. The maximum atomic E-state index is 13.7. The van der Waals surface area contributed by atoms with Gasteiger partial charge in [0.25, 0.3) is 0 Å². The lowest BCUT2D eigenvalue weighted by molar-refractivity contribution is 0.0865. The Hall–Kier alpha value is -0.930. The summed E-state index contributed by atoms with van der Waals surface area (Å²) in [6, 6.07) is 8.31. The van der Waals surface area contributed by atoms with Crippen LogP contribution in [0.25, 0.3) is 0 Å². The van der Waals surface area contributed by atoms with Gasteiger partial charge in [0, 0.05) is 18.6 Å². The summed E-state index contributed by atoms with van der Waals surface area (Å²) in [6.07, 6.45) is 1.99. The van der Waals surface area contributed by atoms with Gasteiger partial charge in [-0.2, -0.15) is 0 Å². The number of benzene rings is 1. The highest BCUT2D eigenvalue weighted by Crippen LogP contribution is 2.24. The molecule has 1 saturated heterocycles. The van der Waals surface area contributed by atoms with Crippen molar-refractivity contribution in [1.29, 1.82) is 0 Å². The van der Waals surface area contributed by atoms with E-state index in [-0.39, 0.29) is 5.82 Å². The summed E-state index contributed by atoms with van der Waals surface area (Å²) in [5.41, 5.74) is 0.834. The van der Waals surface area contributed by atoms with Crippen molar-refractivity contribution in [3.05, 3.63) is 35.6 Å². The minimum absolute atomic E-state index is 0.0734. The molecule has 0 aromatic heterocycles. The highest BCUT2D eigenvalue weighted by atomic mass is 19.1. The van der Waals surface area contributed by atoms with Crippen molar-refractivity contribution < 1.29 is 4.39 Å². The highest BCUT2D eigenvalue weighted by molar-refractivity contribution is 5.17. The van der Waals surface area contributed by atoms with Gasteiger partial charge in [-0.25, -0.2) is 4.39 Å². The maximum absolute atomic E-state index is 13.7. The first-order valence-electron chi connectivity index (χ1n) is 7.84. The largest absolute Gasteiger partial charge is 0.314 e. The van der Waals surface area contributed by atoms with Crippen LogP contribution in [0.2, 0.25) is 0 Å². The van der Waals surface area contributed by atoms with E-state index < -0.39 is 0 Å². The van der Waals surface area contributed by atoms with Crippen LogP contribution in [0.15, 0.2) is 24.3 Å². The molecule has 1 aliphatic rings. The third-order valence-corrected chi connectivity index (χ3v) is 4.79. The van der Waals surface area contributed by atoms with Gasteiger partial charge in [0.2, 0.25) is 0 Å². The molecule has 0 aliphatic carbocycles. The van der Waals surface area contributed by atoms with E-state index in [1.54, 1.807) is 12.1 Å². The average Bonchev–Trinajstić information content (AvgIpc) is 2.45.